The summed E-state index contributed by atoms with van der Waals surface area (Å²) in [5.74, 6) is 1.30. The van der Waals surface area contributed by atoms with E-state index in [9.17, 15) is 9.67 Å². The molecule has 3 atom stereocenters. The number of rotatable bonds is 23. The third-order valence-corrected chi connectivity index (χ3v) is 7.22. The molecular formula is C24H49BNO5PS+. The normalized spacial score (nSPS) is 14.5. The number of hydrogen-bond donors (Lipinski definition) is 2. The largest absolute Gasteiger partial charge is 0.697 e. The number of thioether (sulfide) groups is 1. The summed E-state index contributed by atoms with van der Waals surface area (Å²) in [6.45, 7) is 6.93. The predicted molar refractivity (Wildman–Crippen MR) is 143 cm³/mol. The molecule has 9 heteroatoms. The second-order valence-corrected chi connectivity index (χ2v) is 12.4. The van der Waals surface area contributed by atoms with Gasteiger partial charge in [0.15, 0.2) is 0 Å². The molecule has 0 bridgehead atoms. The van der Waals surface area contributed by atoms with Gasteiger partial charge in [0.2, 0.25) is 0 Å². The summed E-state index contributed by atoms with van der Waals surface area (Å²) in [5.41, 5.74) is 0. The first kappa shape index (κ1) is 33.1. The van der Waals surface area contributed by atoms with E-state index in [-0.39, 0.29) is 6.61 Å². The van der Waals surface area contributed by atoms with E-state index in [1.807, 2.05) is 6.08 Å². The molecule has 0 fully saturated rings. The lowest BCUT2D eigenvalue weighted by molar-refractivity contribution is 0.136. The molecule has 0 aromatic rings. The fraction of sp³-hybridized carbons (Fsp3) is 0.917. The molecule has 0 amide bonds. The van der Waals surface area contributed by atoms with E-state index < -0.39 is 20.4 Å². The molecule has 193 valence electrons. The molecule has 0 spiro atoms. The Morgan fingerprint density at radius 2 is 1.52 bits per heavy atom. The van der Waals surface area contributed by atoms with Gasteiger partial charge in [0.25, 0.3) is 0 Å². The SMILES string of the molecule is CO[B]N[C@@H](CO[P+](=O)OC)[C@H](O)/C=C/CCCCCCCCCCCCCSC(C)(C)C. The zero-order chi connectivity index (χ0) is 24.8. The van der Waals surface area contributed by atoms with Crippen LogP contribution in [0.3, 0.4) is 0 Å². The summed E-state index contributed by atoms with van der Waals surface area (Å²) >= 11 is 2.08. The van der Waals surface area contributed by atoms with Crippen LogP contribution in [0.1, 0.15) is 97.8 Å². The standard InChI is InChI=1S/C24H49BNO5PS/c1-24(2,3)33-20-18-16-14-12-10-8-6-7-9-11-13-15-17-19-23(27)22(26-25-29-4)21-31-32(28)30-5/h17,19,22-23,26-27H,6-16,18,20-21H2,1-5H3/q+1/b19-17+/t22-,23+/m0/s1. The molecule has 2 N–H and O–H groups in total. The minimum Gasteiger partial charge on any atom is -0.427 e. The Bertz CT molecular complexity index is 494. The van der Waals surface area contributed by atoms with E-state index in [0.717, 1.165) is 12.8 Å². The zero-order valence-electron chi connectivity index (χ0n) is 21.7. The van der Waals surface area contributed by atoms with Gasteiger partial charge in [0.1, 0.15) is 6.61 Å². The number of aliphatic hydroxyl groups excluding tert-OH is 1. The molecule has 0 saturated carbocycles. The van der Waals surface area contributed by atoms with Gasteiger partial charge in [-0.3, -0.25) is 0 Å². The molecule has 0 aromatic carbocycles. The molecule has 1 unspecified atom stereocenters. The van der Waals surface area contributed by atoms with Gasteiger partial charge in [0, 0.05) is 16.4 Å². The van der Waals surface area contributed by atoms with Crippen LogP contribution in [0.25, 0.3) is 0 Å². The van der Waals surface area contributed by atoms with Crippen LogP contribution in [0.4, 0.5) is 0 Å². The van der Waals surface area contributed by atoms with Gasteiger partial charge in [-0.1, -0.05) is 90.7 Å². The smallest absolute Gasteiger partial charge is 0.427 e. The highest BCUT2D eigenvalue weighted by molar-refractivity contribution is 8.00. The van der Waals surface area contributed by atoms with E-state index >= 15 is 0 Å². The first-order valence-electron chi connectivity index (χ1n) is 12.5. The number of nitrogens with one attached hydrogen (secondary N) is 1. The molecule has 0 aliphatic rings. The molecular weight excluding hydrogens is 456 g/mol. The maximum Gasteiger partial charge on any atom is 0.697 e. The van der Waals surface area contributed by atoms with E-state index in [0.29, 0.717) is 4.75 Å². The van der Waals surface area contributed by atoms with Crippen molar-refractivity contribution in [3.8, 4) is 0 Å². The minimum absolute atomic E-state index is 0.0463. The van der Waals surface area contributed by atoms with Crippen molar-refractivity contribution < 1.29 is 23.4 Å². The molecule has 0 saturated heterocycles. The van der Waals surface area contributed by atoms with Gasteiger partial charge in [-0.2, -0.15) is 11.8 Å². The average molecular weight is 506 g/mol. The maximum absolute atomic E-state index is 11.3. The predicted octanol–water partition coefficient (Wildman–Crippen LogP) is 6.58. The summed E-state index contributed by atoms with van der Waals surface area (Å²) in [5, 5.41) is 13.2. The monoisotopic (exact) mass is 505 g/mol. The molecule has 33 heavy (non-hydrogen) atoms. The number of hydrogen-bond acceptors (Lipinski definition) is 7. The van der Waals surface area contributed by atoms with Crippen LogP contribution in [0, 0.1) is 0 Å². The van der Waals surface area contributed by atoms with Crippen molar-refractivity contribution in [1.82, 2.24) is 5.23 Å². The topological polar surface area (TPSA) is 77.0 Å². The summed E-state index contributed by atoms with van der Waals surface area (Å²) < 4.78 is 26.2. The van der Waals surface area contributed by atoms with Crippen molar-refractivity contribution in [2.24, 2.45) is 0 Å². The molecule has 0 rings (SSSR count). The van der Waals surface area contributed by atoms with Gasteiger partial charge in [0.05, 0.1) is 19.3 Å². The van der Waals surface area contributed by atoms with Crippen molar-refractivity contribution in [2.45, 2.75) is 115 Å². The second-order valence-electron chi connectivity index (χ2n) is 9.39. The fourth-order valence-electron chi connectivity index (χ4n) is 3.30. The van der Waals surface area contributed by atoms with Crippen molar-refractivity contribution in [1.29, 1.82) is 0 Å². The van der Waals surface area contributed by atoms with Crippen LogP contribution in [0.5, 0.6) is 0 Å². The third-order valence-electron chi connectivity index (χ3n) is 5.20. The van der Waals surface area contributed by atoms with Gasteiger partial charge in [-0.05, 0) is 25.0 Å². The minimum atomic E-state index is -2.17. The Labute approximate surface area is 209 Å². The van der Waals surface area contributed by atoms with Gasteiger partial charge in [-0.25, -0.2) is 0 Å². The lowest BCUT2D eigenvalue weighted by atomic mass is 10.0. The number of aliphatic hydroxyl groups is 1. The van der Waals surface area contributed by atoms with Crippen LogP contribution < -0.4 is 5.23 Å². The van der Waals surface area contributed by atoms with Gasteiger partial charge in [-0.15, -0.1) is 9.05 Å². The first-order chi connectivity index (χ1) is 15.8. The Balaban J connectivity index is 3.63. The lowest BCUT2D eigenvalue weighted by Crippen LogP contribution is -2.44. The highest BCUT2D eigenvalue weighted by Gasteiger charge is 2.24. The molecule has 1 radical (unpaired) electrons. The van der Waals surface area contributed by atoms with Crippen molar-refractivity contribution >= 4 is 27.6 Å². The van der Waals surface area contributed by atoms with Crippen LogP contribution in [0.2, 0.25) is 0 Å². The van der Waals surface area contributed by atoms with Crippen LogP contribution >= 0.6 is 20.0 Å². The summed E-state index contributed by atoms with van der Waals surface area (Å²) in [6, 6.07) is -0.460. The second kappa shape index (κ2) is 22.5. The van der Waals surface area contributed by atoms with E-state index in [4.69, 9.17) is 9.18 Å². The van der Waals surface area contributed by atoms with Crippen molar-refractivity contribution in [2.75, 3.05) is 26.6 Å². The fourth-order valence-corrected chi connectivity index (χ4v) is 4.65. The van der Waals surface area contributed by atoms with Crippen LogP contribution in [-0.2, 0) is 18.3 Å². The maximum atomic E-state index is 11.3. The molecule has 0 heterocycles. The summed E-state index contributed by atoms with van der Waals surface area (Å²) in [4.78, 5) is 0. The first-order valence-corrected chi connectivity index (χ1v) is 14.6. The highest BCUT2D eigenvalue weighted by Crippen LogP contribution is 2.24. The average Bonchev–Trinajstić information content (AvgIpc) is 2.77. The van der Waals surface area contributed by atoms with Gasteiger partial charge < -0.3 is 15.0 Å². The number of unbranched alkanes of at least 4 members (excludes halogenated alkanes) is 11. The quantitative estimate of drug-likeness (QED) is 0.0703. The van der Waals surface area contributed by atoms with Gasteiger partial charge >= 0.3 is 15.9 Å². The molecule has 0 aliphatic carbocycles. The molecule has 0 aliphatic heterocycles. The Morgan fingerprint density at radius 1 is 0.970 bits per heavy atom. The Kier molecular flexibility index (Phi) is 22.6. The summed E-state index contributed by atoms with van der Waals surface area (Å²) in [7, 11) is 2.03. The van der Waals surface area contributed by atoms with Crippen LogP contribution in [-0.4, -0.2) is 56.2 Å². The third kappa shape index (κ3) is 23.6. The number of allylic oxidation sites excluding steroid dienone is 1. The van der Waals surface area contributed by atoms with E-state index in [2.05, 4.69) is 42.3 Å². The van der Waals surface area contributed by atoms with Crippen molar-refractivity contribution in [3.05, 3.63) is 12.2 Å². The molecule has 6 nitrogen and oxygen atoms in total. The van der Waals surface area contributed by atoms with E-state index in [1.54, 1.807) is 6.08 Å². The van der Waals surface area contributed by atoms with E-state index in [1.165, 1.54) is 91.8 Å². The highest BCUT2D eigenvalue weighted by atomic mass is 32.2. The Hall–Kier alpha value is 0.0549. The Morgan fingerprint density at radius 3 is 2.03 bits per heavy atom. The van der Waals surface area contributed by atoms with Crippen LogP contribution in [0.15, 0.2) is 12.2 Å². The zero-order valence-corrected chi connectivity index (χ0v) is 23.4. The lowest BCUT2D eigenvalue weighted by Gasteiger charge is -2.18. The molecule has 0 aromatic heterocycles. The van der Waals surface area contributed by atoms with Crippen molar-refractivity contribution in [3.63, 3.8) is 0 Å². The summed E-state index contributed by atoms with van der Waals surface area (Å²) in [6.07, 6.45) is 18.5.